The molecule has 0 saturated heterocycles. The Bertz CT molecular complexity index is 698. The van der Waals surface area contributed by atoms with Gasteiger partial charge in [-0.1, -0.05) is 18.2 Å². The highest BCUT2D eigenvalue weighted by Gasteiger charge is 1.89. The minimum absolute atomic E-state index is 0.558. The van der Waals surface area contributed by atoms with Crippen molar-refractivity contribution in [1.29, 1.82) is 0 Å². The standard InChI is InChI=1S/C8H6N2.2C4H4O4/c1-2-4-8-7(3-1)5-9-6-10-8;2*5-3(6)1-2-4(7)8/h1-6H;2*1-2H,(H,5,6)(H,7,8). The van der Waals surface area contributed by atoms with E-state index in [1.54, 1.807) is 6.33 Å². The fourth-order valence-electron chi connectivity index (χ4n) is 1.21. The Kier molecular flexibility index (Phi) is 10.4. The molecule has 0 aliphatic rings. The molecule has 0 spiro atoms. The second kappa shape index (κ2) is 12.4. The maximum Gasteiger partial charge on any atom is 0.328 e. The summed E-state index contributed by atoms with van der Waals surface area (Å²) in [4.78, 5) is 46.2. The summed E-state index contributed by atoms with van der Waals surface area (Å²) in [5, 5.41) is 32.3. The minimum Gasteiger partial charge on any atom is -0.478 e. The van der Waals surface area contributed by atoms with Gasteiger partial charge in [0.1, 0.15) is 6.33 Å². The lowest BCUT2D eigenvalue weighted by Crippen LogP contribution is -1.91. The van der Waals surface area contributed by atoms with Crippen molar-refractivity contribution >= 4 is 34.8 Å². The van der Waals surface area contributed by atoms with Crippen LogP contribution in [0.25, 0.3) is 10.9 Å². The first-order valence-electron chi connectivity index (χ1n) is 6.65. The van der Waals surface area contributed by atoms with E-state index in [0.29, 0.717) is 24.3 Å². The van der Waals surface area contributed by atoms with Gasteiger partial charge in [-0.3, -0.25) is 0 Å². The molecule has 10 heteroatoms. The molecule has 26 heavy (non-hydrogen) atoms. The number of rotatable bonds is 4. The molecule has 0 aliphatic heterocycles. The Balaban J connectivity index is 0.000000366. The maximum absolute atomic E-state index is 9.55. The number of para-hydroxylation sites is 1. The summed E-state index contributed by atoms with van der Waals surface area (Å²) in [6.07, 6.45) is 5.60. The first-order valence-corrected chi connectivity index (χ1v) is 6.65. The number of hydrogen-bond donors (Lipinski definition) is 4. The number of hydrogen-bond acceptors (Lipinski definition) is 6. The Morgan fingerprint density at radius 1 is 0.731 bits per heavy atom. The van der Waals surface area contributed by atoms with E-state index in [9.17, 15) is 19.2 Å². The van der Waals surface area contributed by atoms with Crippen LogP contribution in [0.3, 0.4) is 0 Å². The van der Waals surface area contributed by atoms with Gasteiger partial charge in [0.2, 0.25) is 0 Å². The van der Waals surface area contributed by atoms with Crippen molar-refractivity contribution in [1.82, 2.24) is 9.97 Å². The van der Waals surface area contributed by atoms with Crippen LogP contribution in [0, 0.1) is 0 Å². The third-order valence-electron chi connectivity index (χ3n) is 2.15. The smallest absolute Gasteiger partial charge is 0.328 e. The van der Waals surface area contributed by atoms with Gasteiger partial charge in [-0.15, -0.1) is 0 Å². The number of aliphatic carboxylic acids is 4. The van der Waals surface area contributed by atoms with Gasteiger partial charge in [0.15, 0.2) is 0 Å². The lowest BCUT2D eigenvalue weighted by Gasteiger charge is -1.90. The normalized spacial score (nSPS) is 9.69. The molecule has 4 N–H and O–H groups in total. The molecule has 0 aliphatic carbocycles. The van der Waals surface area contributed by atoms with Crippen LogP contribution >= 0.6 is 0 Å². The van der Waals surface area contributed by atoms with E-state index in [1.165, 1.54) is 0 Å². The quantitative estimate of drug-likeness (QED) is 0.575. The molecular formula is C16H14N2O8. The molecule has 0 fully saturated rings. The second-order valence-electron chi connectivity index (χ2n) is 4.10. The predicted octanol–water partition coefficient (Wildman–Crippen LogP) is 1.05. The lowest BCUT2D eigenvalue weighted by atomic mass is 10.2. The number of carboxylic acids is 4. The summed E-state index contributed by atoms with van der Waals surface area (Å²) < 4.78 is 0. The molecule has 0 radical (unpaired) electrons. The largest absolute Gasteiger partial charge is 0.478 e. The first-order chi connectivity index (χ1) is 12.2. The third kappa shape index (κ3) is 12.5. The number of fused-ring (bicyclic) bond motifs is 1. The fraction of sp³-hybridized carbons (Fsp3) is 0. The van der Waals surface area contributed by atoms with Crippen LogP contribution in [0.5, 0.6) is 0 Å². The molecule has 0 saturated carbocycles. The van der Waals surface area contributed by atoms with E-state index in [2.05, 4.69) is 9.97 Å². The van der Waals surface area contributed by atoms with Crippen molar-refractivity contribution < 1.29 is 39.6 Å². The van der Waals surface area contributed by atoms with Crippen molar-refractivity contribution in [3.63, 3.8) is 0 Å². The summed E-state index contributed by atoms with van der Waals surface area (Å²) in [7, 11) is 0. The molecule has 136 valence electrons. The van der Waals surface area contributed by atoms with Crippen molar-refractivity contribution in [3.8, 4) is 0 Å². The van der Waals surface area contributed by atoms with E-state index in [1.807, 2.05) is 30.5 Å². The molecule has 2 rings (SSSR count). The fourth-order valence-corrected chi connectivity index (χ4v) is 1.21. The summed E-state index contributed by atoms with van der Waals surface area (Å²) in [6.45, 7) is 0. The predicted molar refractivity (Wildman–Crippen MR) is 88.4 cm³/mol. The number of carboxylic acid groups (broad SMARTS) is 4. The molecule has 1 aromatic carbocycles. The van der Waals surface area contributed by atoms with Crippen molar-refractivity contribution in [3.05, 3.63) is 61.1 Å². The highest BCUT2D eigenvalue weighted by molar-refractivity contribution is 5.90. The van der Waals surface area contributed by atoms with Gasteiger partial charge in [0, 0.05) is 35.9 Å². The van der Waals surface area contributed by atoms with E-state index in [0.717, 1.165) is 10.9 Å². The monoisotopic (exact) mass is 362 g/mol. The zero-order valence-corrected chi connectivity index (χ0v) is 13.1. The SMILES string of the molecule is O=C(O)C=CC(=O)O.O=C(O)C=CC(=O)O.c1ccc2ncncc2c1. The van der Waals surface area contributed by atoms with E-state index >= 15 is 0 Å². The summed E-state index contributed by atoms with van der Waals surface area (Å²) >= 11 is 0. The van der Waals surface area contributed by atoms with E-state index in [4.69, 9.17) is 20.4 Å². The van der Waals surface area contributed by atoms with Crippen LogP contribution in [0.4, 0.5) is 0 Å². The van der Waals surface area contributed by atoms with Crippen LogP contribution in [0.15, 0.2) is 61.1 Å². The van der Waals surface area contributed by atoms with Crippen LogP contribution < -0.4 is 0 Å². The summed E-state index contributed by atoms with van der Waals surface area (Å²) in [6, 6.07) is 7.91. The first kappa shape index (κ1) is 21.9. The summed E-state index contributed by atoms with van der Waals surface area (Å²) in [5.74, 6) is -5.03. The number of nitrogens with zero attached hydrogens (tertiary/aromatic N) is 2. The van der Waals surface area contributed by atoms with E-state index < -0.39 is 23.9 Å². The molecule has 1 heterocycles. The van der Waals surface area contributed by atoms with Crippen molar-refractivity contribution in [2.24, 2.45) is 0 Å². The van der Waals surface area contributed by atoms with Gasteiger partial charge in [0.05, 0.1) is 5.52 Å². The van der Waals surface area contributed by atoms with Gasteiger partial charge in [-0.2, -0.15) is 0 Å². The maximum atomic E-state index is 9.55. The van der Waals surface area contributed by atoms with Crippen LogP contribution in [-0.4, -0.2) is 54.3 Å². The number of aromatic nitrogens is 2. The number of carbonyl (C=O) groups is 4. The molecule has 1 aromatic heterocycles. The molecule has 10 nitrogen and oxygen atoms in total. The zero-order valence-electron chi connectivity index (χ0n) is 13.1. The highest BCUT2D eigenvalue weighted by Crippen LogP contribution is 2.06. The van der Waals surface area contributed by atoms with Crippen LogP contribution in [-0.2, 0) is 19.2 Å². The van der Waals surface area contributed by atoms with Crippen molar-refractivity contribution in [2.75, 3.05) is 0 Å². The average molecular weight is 362 g/mol. The third-order valence-corrected chi connectivity index (χ3v) is 2.15. The lowest BCUT2D eigenvalue weighted by molar-refractivity contribution is -0.134. The van der Waals surface area contributed by atoms with Crippen molar-refractivity contribution in [2.45, 2.75) is 0 Å². The van der Waals surface area contributed by atoms with Gasteiger partial charge in [0.25, 0.3) is 0 Å². The van der Waals surface area contributed by atoms with Crippen LogP contribution in [0.1, 0.15) is 0 Å². The Morgan fingerprint density at radius 3 is 1.54 bits per heavy atom. The van der Waals surface area contributed by atoms with E-state index in [-0.39, 0.29) is 0 Å². The topological polar surface area (TPSA) is 175 Å². The molecule has 2 aromatic rings. The molecule has 0 atom stereocenters. The average Bonchev–Trinajstić information content (AvgIpc) is 2.59. The summed E-state index contributed by atoms with van der Waals surface area (Å²) in [5.41, 5.74) is 0.998. The second-order valence-corrected chi connectivity index (χ2v) is 4.10. The Labute approximate surface area is 146 Å². The van der Waals surface area contributed by atoms with Gasteiger partial charge in [-0.25, -0.2) is 29.1 Å². The number of benzene rings is 1. The minimum atomic E-state index is -1.26. The Morgan fingerprint density at radius 2 is 1.15 bits per heavy atom. The van der Waals surface area contributed by atoms with Gasteiger partial charge < -0.3 is 20.4 Å². The molecule has 0 bridgehead atoms. The van der Waals surface area contributed by atoms with Gasteiger partial charge in [-0.05, 0) is 6.07 Å². The molecule has 0 amide bonds. The molecule has 0 unspecified atom stereocenters. The Hall–Kier alpha value is -4.08. The van der Waals surface area contributed by atoms with Crippen LogP contribution in [0.2, 0.25) is 0 Å². The van der Waals surface area contributed by atoms with Gasteiger partial charge >= 0.3 is 23.9 Å². The molecular weight excluding hydrogens is 348 g/mol. The zero-order chi connectivity index (χ0) is 19.9. The highest BCUT2D eigenvalue weighted by atomic mass is 16.4.